The Labute approximate surface area is 100.0 Å². The standard InChI is InChI=1S/C12H14FNO2S/c13-9-3-4-11-10(7-9)14-8-12(17(11,15)16)5-1-2-6-12/h3-4,7,14H,1-2,5-6,8H2. The summed E-state index contributed by atoms with van der Waals surface area (Å²) in [5.41, 5.74) is 0.405. The molecule has 0 atom stereocenters. The van der Waals surface area contributed by atoms with Crippen LogP contribution in [0.4, 0.5) is 10.1 Å². The Kier molecular flexibility index (Phi) is 2.23. The maximum atomic E-state index is 13.1. The molecule has 5 heteroatoms. The second-order valence-corrected chi connectivity index (χ2v) is 7.20. The summed E-state index contributed by atoms with van der Waals surface area (Å²) in [6, 6.07) is 3.85. The minimum atomic E-state index is -3.33. The molecule has 0 unspecified atom stereocenters. The molecule has 1 aromatic carbocycles. The molecular formula is C12H14FNO2S. The summed E-state index contributed by atoms with van der Waals surface area (Å²) in [7, 11) is -3.33. The Balaban J connectivity index is 2.18. The third-order valence-electron chi connectivity index (χ3n) is 3.92. The predicted octanol–water partition coefficient (Wildman–Crippen LogP) is 2.34. The monoisotopic (exact) mass is 255 g/mol. The van der Waals surface area contributed by atoms with Gasteiger partial charge in [-0.15, -0.1) is 0 Å². The van der Waals surface area contributed by atoms with Crippen molar-refractivity contribution in [2.45, 2.75) is 35.3 Å². The summed E-state index contributed by atoms with van der Waals surface area (Å²) in [5, 5.41) is 3.07. The minimum Gasteiger partial charge on any atom is -0.382 e. The minimum absolute atomic E-state index is 0.257. The van der Waals surface area contributed by atoms with Crippen LogP contribution >= 0.6 is 0 Å². The highest BCUT2D eigenvalue weighted by molar-refractivity contribution is 7.93. The molecule has 1 spiro atoms. The van der Waals surface area contributed by atoms with Crippen molar-refractivity contribution < 1.29 is 12.8 Å². The summed E-state index contributed by atoms with van der Waals surface area (Å²) in [6.45, 7) is 0.409. The van der Waals surface area contributed by atoms with Gasteiger partial charge in [0.05, 0.1) is 15.3 Å². The Morgan fingerprint density at radius 2 is 1.94 bits per heavy atom. The Bertz CT molecular complexity index is 562. The molecule has 1 fully saturated rings. The first-order valence-electron chi connectivity index (χ1n) is 5.83. The second-order valence-electron chi connectivity index (χ2n) is 4.89. The summed E-state index contributed by atoms with van der Waals surface area (Å²) in [4.78, 5) is 0.257. The number of halogens is 1. The molecule has 0 radical (unpaired) electrons. The molecule has 3 rings (SSSR count). The number of rotatable bonds is 0. The number of nitrogens with one attached hydrogen (secondary N) is 1. The molecule has 1 aromatic rings. The van der Waals surface area contributed by atoms with Crippen molar-refractivity contribution in [2.24, 2.45) is 0 Å². The van der Waals surface area contributed by atoms with E-state index in [9.17, 15) is 12.8 Å². The Morgan fingerprint density at radius 3 is 2.65 bits per heavy atom. The second kappa shape index (κ2) is 3.45. The average Bonchev–Trinajstić information content (AvgIpc) is 2.74. The third-order valence-corrected chi connectivity index (χ3v) is 6.54. The van der Waals surface area contributed by atoms with Crippen LogP contribution in [0.15, 0.2) is 23.1 Å². The fraction of sp³-hybridized carbons (Fsp3) is 0.500. The van der Waals surface area contributed by atoms with Crippen molar-refractivity contribution in [3.63, 3.8) is 0 Å². The topological polar surface area (TPSA) is 46.2 Å². The van der Waals surface area contributed by atoms with Gasteiger partial charge in [0.25, 0.3) is 0 Å². The van der Waals surface area contributed by atoms with Crippen LogP contribution in [0.3, 0.4) is 0 Å². The van der Waals surface area contributed by atoms with Gasteiger partial charge in [0.15, 0.2) is 9.84 Å². The lowest BCUT2D eigenvalue weighted by atomic mass is 10.1. The van der Waals surface area contributed by atoms with Gasteiger partial charge in [-0.3, -0.25) is 0 Å². The third kappa shape index (κ3) is 1.41. The predicted molar refractivity (Wildman–Crippen MR) is 63.3 cm³/mol. The van der Waals surface area contributed by atoms with E-state index in [1.807, 2.05) is 0 Å². The van der Waals surface area contributed by atoms with Gasteiger partial charge in [0.2, 0.25) is 0 Å². The van der Waals surface area contributed by atoms with Crippen molar-refractivity contribution in [1.29, 1.82) is 0 Å². The van der Waals surface area contributed by atoms with E-state index in [-0.39, 0.29) is 4.90 Å². The van der Waals surface area contributed by atoms with Crippen molar-refractivity contribution in [2.75, 3.05) is 11.9 Å². The summed E-state index contributed by atoms with van der Waals surface area (Å²) < 4.78 is 37.6. The maximum Gasteiger partial charge on any atom is 0.187 e. The molecule has 1 aliphatic heterocycles. The summed E-state index contributed by atoms with van der Waals surface area (Å²) >= 11 is 0. The molecule has 3 nitrogen and oxygen atoms in total. The van der Waals surface area contributed by atoms with Gasteiger partial charge in [-0.25, -0.2) is 12.8 Å². The molecule has 0 bridgehead atoms. The van der Waals surface area contributed by atoms with Crippen LogP contribution in [-0.4, -0.2) is 19.7 Å². The van der Waals surface area contributed by atoms with Crippen LogP contribution in [0.1, 0.15) is 25.7 Å². The molecule has 17 heavy (non-hydrogen) atoms. The molecule has 1 N–H and O–H groups in total. The maximum absolute atomic E-state index is 13.1. The summed E-state index contributed by atoms with van der Waals surface area (Å²) in [5.74, 6) is -0.408. The Hall–Kier alpha value is -1.10. The van der Waals surface area contributed by atoms with Crippen LogP contribution < -0.4 is 5.32 Å². The largest absolute Gasteiger partial charge is 0.382 e. The Morgan fingerprint density at radius 1 is 1.24 bits per heavy atom. The molecule has 2 aliphatic rings. The lowest BCUT2D eigenvalue weighted by molar-refractivity contribution is 0.515. The van der Waals surface area contributed by atoms with Crippen molar-refractivity contribution in [3.05, 3.63) is 24.0 Å². The number of fused-ring (bicyclic) bond motifs is 1. The number of hydrogen-bond donors (Lipinski definition) is 1. The van der Waals surface area contributed by atoms with Gasteiger partial charge in [-0.05, 0) is 31.0 Å². The quantitative estimate of drug-likeness (QED) is 0.724. The molecular weight excluding hydrogens is 241 g/mol. The van der Waals surface area contributed by atoms with Crippen LogP contribution in [0.25, 0.3) is 0 Å². The zero-order chi connectivity index (χ0) is 12.1. The van der Waals surface area contributed by atoms with E-state index in [2.05, 4.69) is 5.32 Å². The van der Waals surface area contributed by atoms with E-state index >= 15 is 0 Å². The van der Waals surface area contributed by atoms with E-state index in [0.29, 0.717) is 25.1 Å². The smallest absolute Gasteiger partial charge is 0.187 e. The van der Waals surface area contributed by atoms with E-state index < -0.39 is 20.4 Å². The zero-order valence-corrected chi connectivity index (χ0v) is 10.2. The number of hydrogen-bond acceptors (Lipinski definition) is 3. The molecule has 1 aliphatic carbocycles. The zero-order valence-electron chi connectivity index (χ0n) is 9.37. The van der Waals surface area contributed by atoms with Gasteiger partial charge >= 0.3 is 0 Å². The normalized spacial score (nSPS) is 24.3. The van der Waals surface area contributed by atoms with E-state index in [4.69, 9.17) is 0 Å². The summed E-state index contributed by atoms with van der Waals surface area (Å²) in [6.07, 6.45) is 3.33. The first-order chi connectivity index (χ1) is 8.05. The van der Waals surface area contributed by atoms with Crippen LogP contribution in [0.5, 0.6) is 0 Å². The van der Waals surface area contributed by atoms with Crippen LogP contribution in [0, 0.1) is 5.82 Å². The molecule has 1 heterocycles. The van der Waals surface area contributed by atoms with Crippen molar-refractivity contribution in [3.8, 4) is 0 Å². The highest BCUT2D eigenvalue weighted by Crippen LogP contribution is 2.45. The van der Waals surface area contributed by atoms with E-state index in [0.717, 1.165) is 12.8 Å². The average molecular weight is 255 g/mol. The highest BCUT2D eigenvalue weighted by atomic mass is 32.2. The van der Waals surface area contributed by atoms with Crippen LogP contribution in [-0.2, 0) is 9.84 Å². The molecule has 0 aromatic heterocycles. The first kappa shape index (κ1) is 11.0. The number of anilines is 1. The molecule has 0 amide bonds. The van der Waals surface area contributed by atoms with Crippen LogP contribution in [0.2, 0.25) is 0 Å². The van der Waals surface area contributed by atoms with Gasteiger partial charge in [0, 0.05) is 6.54 Å². The van der Waals surface area contributed by atoms with Gasteiger partial charge in [-0.2, -0.15) is 0 Å². The van der Waals surface area contributed by atoms with Gasteiger partial charge in [0.1, 0.15) is 5.82 Å². The number of sulfone groups is 1. The fourth-order valence-corrected chi connectivity index (χ4v) is 5.15. The molecule has 0 saturated heterocycles. The fourth-order valence-electron chi connectivity index (χ4n) is 2.92. The lowest BCUT2D eigenvalue weighted by Gasteiger charge is -2.35. The van der Waals surface area contributed by atoms with Gasteiger partial charge in [-0.1, -0.05) is 12.8 Å². The lowest BCUT2D eigenvalue weighted by Crippen LogP contribution is -2.46. The van der Waals surface area contributed by atoms with E-state index in [1.54, 1.807) is 0 Å². The SMILES string of the molecule is O=S1(=O)c2ccc(F)cc2NCC12CCCC2. The van der Waals surface area contributed by atoms with Crippen molar-refractivity contribution >= 4 is 15.5 Å². The highest BCUT2D eigenvalue weighted by Gasteiger charge is 2.49. The molecule has 1 saturated carbocycles. The van der Waals surface area contributed by atoms with Crippen molar-refractivity contribution in [1.82, 2.24) is 0 Å². The van der Waals surface area contributed by atoms with E-state index in [1.165, 1.54) is 18.2 Å². The van der Waals surface area contributed by atoms with Gasteiger partial charge < -0.3 is 5.32 Å². The number of benzene rings is 1. The first-order valence-corrected chi connectivity index (χ1v) is 7.32. The molecule has 92 valence electrons.